The zero-order chi connectivity index (χ0) is 15.7. The Morgan fingerprint density at radius 3 is 2.38 bits per heavy atom. The number of hydrogen-bond donors (Lipinski definition) is 1. The van der Waals surface area contributed by atoms with Gasteiger partial charge in [0.15, 0.2) is 0 Å². The van der Waals surface area contributed by atoms with Crippen LogP contribution in [0.5, 0.6) is 0 Å². The molecule has 0 saturated carbocycles. The molecule has 2 rings (SSSR count). The third-order valence-corrected chi connectivity index (χ3v) is 5.95. The topological polar surface area (TPSA) is 49.4 Å². The van der Waals surface area contributed by atoms with Gasteiger partial charge in [0.1, 0.15) is 0 Å². The molecule has 0 amide bonds. The number of hydrogen-bond acceptors (Lipinski definition) is 4. The molecule has 1 aliphatic rings. The lowest BCUT2D eigenvalue weighted by Crippen LogP contribution is -2.38. The second-order valence-electron chi connectivity index (χ2n) is 4.69. The number of nitrogens with zero attached hydrogens (tertiary/aromatic N) is 1. The number of thioether (sulfide) groups is 1. The molecular weight excluding hydrogens is 325 g/mol. The molecule has 0 spiro atoms. The van der Waals surface area contributed by atoms with Crippen LogP contribution in [0.4, 0.5) is 13.2 Å². The molecule has 1 saturated heterocycles. The Labute approximate surface area is 125 Å². The van der Waals surface area contributed by atoms with Gasteiger partial charge < -0.3 is 5.32 Å². The Balaban J connectivity index is 2.16. The Hall–Kier alpha value is -0.770. The molecular formula is C12H15F3N2O2S2. The minimum atomic E-state index is -4.38. The molecule has 9 heteroatoms. The van der Waals surface area contributed by atoms with Crippen molar-refractivity contribution >= 4 is 21.8 Å². The predicted octanol–water partition coefficient (Wildman–Crippen LogP) is 2.28. The normalized spacial score (nSPS) is 20.1. The molecule has 4 nitrogen and oxygen atoms in total. The van der Waals surface area contributed by atoms with Crippen LogP contribution in [0.3, 0.4) is 0 Å². The number of benzene rings is 1. The van der Waals surface area contributed by atoms with Crippen LogP contribution in [0.2, 0.25) is 0 Å². The Kier molecular flexibility index (Phi) is 4.86. The second-order valence-corrected chi connectivity index (χ2v) is 7.82. The first-order valence-corrected chi connectivity index (χ1v) is 8.50. The first-order valence-electron chi connectivity index (χ1n) is 6.25. The van der Waals surface area contributed by atoms with Crippen molar-refractivity contribution in [1.82, 2.24) is 9.62 Å². The van der Waals surface area contributed by atoms with E-state index in [1.807, 2.05) is 0 Å². The van der Waals surface area contributed by atoms with Crippen molar-refractivity contribution < 1.29 is 21.6 Å². The van der Waals surface area contributed by atoms with E-state index < -0.39 is 15.5 Å². The van der Waals surface area contributed by atoms with E-state index in [1.165, 1.54) is 35.6 Å². The highest BCUT2D eigenvalue weighted by atomic mass is 32.2. The van der Waals surface area contributed by atoms with Crippen LogP contribution < -0.4 is 5.32 Å². The zero-order valence-electron chi connectivity index (χ0n) is 11.2. The molecule has 1 aromatic carbocycles. The number of sulfonamides is 1. The number of alkyl halides is 3. The van der Waals surface area contributed by atoms with Crippen LogP contribution in [0.25, 0.3) is 0 Å². The lowest BCUT2D eigenvalue weighted by atomic mass is 10.3. The van der Waals surface area contributed by atoms with Gasteiger partial charge in [0.05, 0.1) is 4.90 Å². The van der Waals surface area contributed by atoms with Gasteiger partial charge in [-0.2, -0.15) is 17.5 Å². The molecule has 1 aromatic rings. The summed E-state index contributed by atoms with van der Waals surface area (Å²) in [6, 6.07) is 4.64. The second kappa shape index (κ2) is 6.15. The summed E-state index contributed by atoms with van der Waals surface area (Å²) in [5.41, 5.74) is -4.38. The quantitative estimate of drug-likeness (QED) is 0.855. The molecule has 1 atom stereocenters. The third-order valence-electron chi connectivity index (χ3n) is 3.28. The van der Waals surface area contributed by atoms with Gasteiger partial charge in [0.25, 0.3) is 0 Å². The van der Waals surface area contributed by atoms with Crippen molar-refractivity contribution in [3.05, 3.63) is 24.3 Å². The molecule has 0 aromatic heterocycles. The average Bonchev–Trinajstić information content (AvgIpc) is 2.90. The highest BCUT2D eigenvalue weighted by Crippen LogP contribution is 2.37. The monoisotopic (exact) mass is 340 g/mol. The molecule has 0 bridgehead atoms. The van der Waals surface area contributed by atoms with Crippen LogP contribution in [0.1, 0.15) is 6.42 Å². The van der Waals surface area contributed by atoms with Gasteiger partial charge in [-0.05, 0) is 49.0 Å². The highest BCUT2D eigenvalue weighted by molar-refractivity contribution is 8.00. The maximum Gasteiger partial charge on any atom is 0.446 e. The Bertz CT molecular complexity index is 582. The maximum atomic E-state index is 12.4. The standard InChI is InChI=1S/C12H15F3N2O2S2/c1-17(9-6-7-16-8-9)21(18,19)11-4-2-10(3-5-11)20-12(13,14)15/h2-5,9,16H,6-8H2,1H3. The van der Waals surface area contributed by atoms with Crippen LogP contribution in [0.15, 0.2) is 34.1 Å². The van der Waals surface area contributed by atoms with Crippen LogP contribution >= 0.6 is 11.8 Å². The summed E-state index contributed by atoms with van der Waals surface area (Å²) in [6.07, 6.45) is 0.720. The van der Waals surface area contributed by atoms with Crippen molar-refractivity contribution in [2.75, 3.05) is 20.1 Å². The van der Waals surface area contributed by atoms with E-state index in [2.05, 4.69) is 5.32 Å². The Morgan fingerprint density at radius 1 is 1.29 bits per heavy atom. The average molecular weight is 340 g/mol. The molecule has 1 unspecified atom stereocenters. The summed E-state index contributed by atoms with van der Waals surface area (Å²) in [4.78, 5) is -0.0324. The molecule has 1 aliphatic heterocycles. The van der Waals surface area contributed by atoms with Gasteiger partial charge in [-0.1, -0.05) is 0 Å². The van der Waals surface area contributed by atoms with Crippen molar-refractivity contribution in [3.8, 4) is 0 Å². The van der Waals surface area contributed by atoms with Gasteiger partial charge >= 0.3 is 5.51 Å². The van der Waals surface area contributed by atoms with E-state index in [9.17, 15) is 21.6 Å². The minimum absolute atomic E-state index is 0.00317. The van der Waals surface area contributed by atoms with Crippen molar-refractivity contribution in [3.63, 3.8) is 0 Å². The van der Waals surface area contributed by atoms with E-state index >= 15 is 0 Å². The summed E-state index contributed by atoms with van der Waals surface area (Å²) in [7, 11) is -2.19. The van der Waals surface area contributed by atoms with Gasteiger partial charge in [0, 0.05) is 24.5 Å². The lowest BCUT2D eigenvalue weighted by molar-refractivity contribution is -0.0328. The van der Waals surface area contributed by atoms with Crippen molar-refractivity contribution in [2.45, 2.75) is 27.8 Å². The number of likely N-dealkylation sites (N-methyl/N-ethyl adjacent to an activating group) is 1. The predicted molar refractivity (Wildman–Crippen MR) is 74.6 cm³/mol. The van der Waals surface area contributed by atoms with E-state index in [0.717, 1.165) is 13.0 Å². The summed E-state index contributed by atoms with van der Waals surface area (Å²) in [5.74, 6) is 0. The highest BCUT2D eigenvalue weighted by Gasteiger charge is 2.31. The first kappa shape index (κ1) is 16.6. The molecule has 0 radical (unpaired) electrons. The largest absolute Gasteiger partial charge is 0.446 e. The minimum Gasteiger partial charge on any atom is -0.315 e. The molecule has 1 N–H and O–H groups in total. The number of nitrogens with one attached hydrogen (secondary N) is 1. The molecule has 1 fully saturated rings. The lowest BCUT2D eigenvalue weighted by Gasteiger charge is -2.23. The molecule has 21 heavy (non-hydrogen) atoms. The maximum absolute atomic E-state index is 12.4. The fourth-order valence-corrected chi connectivity index (χ4v) is 4.05. The molecule has 118 valence electrons. The van der Waals surface area contributed by atoms with Crippen molar-refractivity contribution in [2.24, 2.45) is 0 Å². The zero-order valence-corrected chi connectivity index (χ0v) is 12.9. The summed E-state index contributed by atoms with van der Waals surface area (Å²) < 4.78 is 62.8. The van der Waals surface area contributed by atoms with E-state index in [-0.39, 0.29) is 27.6 Å². The van der Waals surface area contributed by atoms with Crippen LogP contribution in [-0.4, -0.2) is 44.4 Å². The molecule has 1 heterocycles. The Morgan fingerprint density at radius 2 is 1.90 bits per heavy atom. The molecule has 0 aliphatic carbocycles. The van der Waals surface area contributed by atoms with E-state index in [4.69, 9.17) is 0 Å². The third kappa shape index (κ3) is 4.12. The van der Waals surface area contributed by atoms with Crippen LogP contribution in [0, 0.1) is 0 Å². The SMILES string of the molecule is CN(C1CCNC1)S(=O)(=O)c1ccc(SC(F)(F)F)cc1. The summed E-state index contributed by atoms with van der Waals surface area (Å²) in [6.45, 7) is 1.34. The van der Waals surface area contributed by atoms with Gasteiger partial charge in [-0.3, -0.25) is 0 Å². The number of rotatable bonds is 4. The fraction of sp³-hybridized carbons (Fsp3) is 0.500. The van der Waals surface area contributed by atoms with Crippen LogP contribution in [-0.2, 0) is 10.0 Å². The van der Waals surface area contributed by atoms with Gasteiger partial charge in [-0.15, -0.1) is 0 Å². The van der Waals surface area contributed by atoms with E-state index in [1.54, 1.807) is 0 Å². The number of halogens is 3. The summed E-state index contributed by atoms with van der Waals surface area (Å²) in [5, 5.41) is 3.08. The van der Waals surface area contributed by atoms with Crippen molar-refractivity contribution in [1.29, 1.82) is 0 Å². The van der Waals surface area contributed by atoms with E-state index in [0.29, 0.717) is 6.54 Å². The fourth-order valence-electron chi connectivity index (χ4n) is 2.13. The van der Waals surface area contributed by atoms with Gasteiger partial charge in [-0.25, -0.2) is 8.42 Å². The summed E-state index contributed by atoms with van der Waals surface area (Å²) >= 11 is -0.265. The first-order chi connectivity index (χ1) is 9.70. The van der Waals surface area contributed by atoms with Gasteiger partial charge in [0.2, 0.25) is 10.0 Å². The smallest absolute Gasteiger partial charge is 0.315 e.